The fourth-order valence-corrected chi connectivity index (χ4v) is 2.23. The standard InChI is InChI=1S/C14H21NO3/c1-17-14-5-4-11(7-13(14)16)8-15-9-12-3-2-6-18-10-12/h4-5,7,12,15-16H,2-3,6,8-10H2,1H3. The Morgan fingerprint density at radius 1 is 1.50 bits per heavy atom. The van der Waals surface area contributed by atoms with Crippen LogP contribution < -0.4 is 10.1 Å². The Balaban J connectivity index is 1.77. The van der Waals surface area contributed by atoms with Gasteiger partial charge in [0.25, 0.3) is 0 Å². The Kier molecular flexibility index (Phi) is 4.84. The summed E-state index contributed by atoms with van der Waals surface area (Å²) in [5, 5.41) is 13.1. The molecule has 0 spiro atoms. The van der Waals surface area contributed by atoms with Crippen molar-refractivity contribution in [2.24, 2.45) is 5.92 Å². The highest BCUT2D eigenvalue weighted by molar-refractivity contribution is 5.41. The lowest BCUT2D eigenvalue weighted by atomic mass is 10.0. The summed E-state index contributed by atoms with van der Waals surface area (Å²) in [6.07, 6.45) is 2.40. The van der Waals surface area contributed by atoms with Crippen molar-refractivity contribution in [2.45, 2.75) is 19.4 Å². The summed E-state index contributed by atoms with van der Waals surface area (Å²) < 4.78 is 10.5. The highest BCUT2D eigenvalue weighted by Gasteiger charge is 2.13. The number of hydrogen-bond acceptors (Lipinski definition) is 4. The number of ether oxygens (including phenoxy) is 2. The van der Waals surface area contributed by atoms with E-state index in [-0.39, 0.29) is 5.75 Å². The molecule has 1 aromatic rings. The molecule has 18 heavy (non-hydrogen) atoms. The topological polar surface area (TPSA) is 50.7 Å². The molecule has 1 saturated heterocycles. The summed E-state index contributed by atoms with van der Waals surface area (Å²) in [7, 11) is 1.55. The van der Waals surface area contributed by atoms with Gasteiger partial charge in [0, 0.05) is 19.7 Å². The Morgan fingerprint density at radius 2 is 2.39 bits per heavy atom. The maximum atomic E-state index is 9.67. The van der Waals surface area contributed by atoms with Gasteiger partial charge in [-0.2, -0.15) is 0 Å². The number of methoxy groups -OCH3 is 1. The number of aromatic hydroxyl groups is 1. The molecule has 0 saturated carbocycles. The molecule has 1 heterocycles. The van der Waals surface area contributed by atoms with Crippen LogP contribution in [-0.4, -0.2) is 32.0 Å². The van der Waals surface area contributed by atoms with Crippen molar-refractivity contribution in [2.75, 3.05) is 26.9 Å². The number of nitrogens with one attached hydrogen (secondary N) is 1. The Morgan fingerprint density at radius 3 is 3.06 bits per heavy atom. The molecule has 1 aliphatic heterocycles. The number of benzene rings is 1. The maximum absolute atomic E-state index is 9.67. The SMILES string of the molecule is COc1ccc(CNCC2CCCOC2)cc1O. The third kappa shape index (κ3) is 3.62. The summed E-state index contributed by atoms with van der Waals surface area (Å²) in [6.45, 7) is 3.49. The van der Waals surface area contributed by atoms with Gasteiger partial charge in [-0.25, -0.2) is 0 Å². The number of phenols is 1. The molecule has 1 unspecified atom stereocenters. The molecule has 2 N–H and O–H groups in total. The lowest BCUT2D eigenvalue weighted by Gasteiger charge is -2.22. The molecule has 0 aliphatic carbocycles. The first-order chi connectivity index (χ1) is 8.79. The summed E-state index contributed by atoms with van der Waals surface area (Å²) >= 11 is 0. The molecule has 0 aromatic heterocycles. The zero-order chi connectivity index (χ0) is 12.8. The van der Waals surface area contributed by atoms with E-state index in [0.29, 0.717) is 11.7 Å². The van der Waals surface area contributed by atoms with Crippen LogP contribution in [0.2, 0.25) is 0 Å². The van der Waals surface area contributed by atoms with Crippen LogP contribution in [0.3, 0.4) is 0 Å². The monoisotopic (exact) mass is 251 g/mol. The van der Waals surface area contributed by atoms with Crippen LogP contribution in [0.1, 0.15) is 18.4 Å². The predicted octanol–water partition coefficient (Wildman–Crippen LogP) is 1.92. The van der Waals surface area contributed by atoms with Gasteiger partial charge in [0.1, 0.15) is 0 Å². The Bertz CT molecular complexity index is 375. The average molecular weight is 251 g/mol. The van der Waals surface area contributed by atoms with Gasteiger partial charge in [-0.15, -0.1) is 0 Å². The third-order valence-electron chi connectivity index (χ3n) is 3.26. The molecule has 100 valence electrons. The minimum Gasteiger partial charge on any atom is -0.504 e. The first kappa shape index (κ1) is 13.2. The van der Waals surface area contributed by atoms with Gasteiger partial charge in [-0.1, -0.05) is 6.07 Å². The van der Waals surface area contributed by atoms with Gasteiger partial charge in [-0.3, -0.25) is 0 Å². The van der Waals surface area contributed by atoms with E-state index >= 15 is 0 Å². The van der Waals surface area contributed by atoms with Crippen molar-refractivity contribution in [1.29, 1.82) is 0 Å². The smallest absolute Gasteiger partial charge is 0.160 e. The van der Waals surface area contributed by atoms with Crippen molar-refractivity contribution in [3.8, 4) is 11.5 Å². The maximum Gasteiger partial charge on any atom is 0.160 e. The second-order valence-corrected chi connectivity index (χ2v) is 4.72. The molecule has 4 nitrogen and oxygen atoms in total. The van der Waals surface area contributed by atoms with Crippen LogP contribution in [0.5, 0.6) is 11.5 Å². The molecule has 0 amide bonds. The van der Waals surface area contributed by atoms with E-state index in [2.05, 4.69) is 5.32 Å². The summed E-state index contributed by atoms with van der Waals surface area (Å²) in [4.78, 5) is 0. The molecule has 1 aromatic carbocycles. The molecule has 0 bridgehead atoms. The van der Waals surface area contributed by atoms with Gasteiger partial charge >= 0.3 is 0 Å². The zero-order valence-electron chi connectivity index (χ0n) is 10.8. The molecule has 1 atom stereocenters. The van der Waals surface area contributed by atoms with Crippen molar-refractivity contribution >= 4 is 0 Å². The largest absolute Gasteiger partial charge is 0.504 e. The van der Waals surface area contributed by atoms with Crippen molar-refractivity contribution in [1.82, 2.24) is 5.32 Å². The van der Waals surface area contributed by atoms with Crippen molar-refractivity contribution in [3.63, 3.8) is 0 Å². The fourth-order valence-electron chi connectivity index (χ4n) is 2.23. The van der Waals surface area contributed by atoms with Gasteiger partial charge in [0.05, 0.1) is 13.7 Å². The van der Waals surface area contributed by atoms with Crippen LogP contribution in [0.25, 0.3) is 0 Å². The van der Waals surface area contributed by atoms with E-state index in [1.54, 1.807) is 19.2 Å². The van der Waals surface area contributed by atoms with E-state index in [0.717, 1.165) is 38.3 Å². The van der Waals surface area contributed by atoms with Gasteiger partial charge < -0.3 is 19.9 Å². The average Bonchev–Trinajstić information content (AvgIpc) is 2.40. The molecular formula is C14H21NO3. The van der Waals surface area contributed by atoms with Crippen LogP contribution in [-0.2, 0) is 11.3 Å². The highest BCUT2D eigenvalue weighted by atomic mass is 16.5. The highest BCUT2D eigenvalue weighted by Crippen LogP contribution is 2.26. The third-order valence-corrected chi connectivity index (χ3v) is 3.26. The predicted molar refractivity (Wildman–Crippen MR) is 69.9 cm³/mol. The second kappa shape index (κ2) is 6.61. The van der Waals surface area contributed by atoms with E-state index in [1.807, 2.05) is 6.07 Å². The normalized spacial score (nSPS) is 19.7. The minimum absolute atomic E-state index is 0.192. The molecule has 1 aliphatic rings. The van der Waals surface area contributed by atoms with Crippen molar-refractivity contribution in [3.05, 3.63) is 23.8 Å². The van der Waals surface area contributed by atoms with Gasteiger partial charge in [0.15, 0.2) is 11.5 Å². The molecular weight excluding hydrogens is 230 g/mol. The minimum atomic E-state index is 0.192. The van der Waals surface area contributed by atoms with Crippen LogP contribution in [0.15, 0.2) is 18.2 Å². The summed E-state index contributed by atoms with van der Waals surface area (Å²) in [5.41, 5.74) is 1.06. The Hall–Kier alpha value is -1.26. The summed E-state index contributed by atoms with van der Waals surface area (Å²) in [5.74, 6) is 1.32. The van der Waals surface area contributed by atoms with E-state index < -0.39 is 0 Å². The quantitative estimate of drug-likeness (QED) is 0.839. The lowest BCUT2D eigenvalue weighted by molar-refractivity contribution is 0.0547. The first-order valence-electron chi connectivity index (χ1n) is 6.44. The van der Waals surface area contributed by atoms with Crippen molar-refractivity contribution < 1.29 is 14.6 Å². The van der Waals surface area contributed by atoms with Gasteiger partial charge in [0.2, 0.25) is 0 Å². The van der Waals surface area contributed by atoms with Gasteiger partial charge in [-0.05, 0) is 36.5 Å². The molecule has 1 fully saturated rings. The van der Waals surface area contributed by atoms with E-state index in [4.69, 9.17) is 9.47 Å². The first-order valence-corrected chi connectivity index (χ1v) is 6.44. The number of rotatable bonds is 5. The molecule has 2 rings (SSSR count). The van der Waals surface area contributed by atoms with Crippen LogP contribution in [0.4, 0.5) is 0 Å². The van der Waals surface area contributed by atoms with E-state index in [1.165, 1.54) is 6.42 Å². The summed E-state index contributed by atoms with van der Waals surface area (Å²) in [6, 6.07) is 5.49. The van der Waals surface area contributed by atoms with E-state index in [9.17, 15) is 5.11 Å². The molecule has 4 heteroatoms. The zero-order valence-corrected chi connectivity index (χ0v) is 10.8. The number of hydrogen-bond donors (Lipinski definition) is 2. The van der Waals surface area contributed by atoms with Crippen LogP contribution >= 0.6 is 0 Å². The second-order valence-electron chi connectivity index (χ2n) is 4.72. The number of phenolic OH excluding ortho intramolecular Hbond substituents is 1. The lowest BCUT2D eigenvalue weighted by Crippen LogP contribution is -2.28. The fraction of sp³-hybridized carbons (Fsp3) is 0.571. The Labute approximate surface area is 108 Å². The molecule has 0 radical (unpaired) electrons. The van der Waals surface area contributed by atoms with Crippen LogP contribution in [0, 0.1) is 5.92 Å².